The van der Waals surface area contributed by atoms with Crippen LogP contribution in [0.2, 0.25) is 0 Å². The lowest BCUT2D eigenvalue weighted by atomic mass is 9.84. The molecule has 0 atom stereocenters. The third-order valence-electron chi connectivity index (χ3n) is 4.66. The molecule has 2 saturated heterocycles. The molecule has 0 aliphatic carbocycles. The molecule has 0 unspecified atom stereocenters. The zero-order valence-corrected chi connectivity index (χ0v) is 15.9. The van der Waals surface area contributed by atoms with E-state index in [1.54, 1.807) is 0 Å². The van der Waals surface area contributed by atoms with Crippen LogP contribution in [0.15, 0.2) is 28.3 Å². The number of alkyl halides is 2. The summed E-state index contributed by atoms with van der Waals surface area (Å²) in [6, 6.07) is 6.13. The summed E-state index contributed by atoms with van der Waals surface area (Å²) in [6.07, 6.45) is 0.743. The molecule has 1 aromatic rings. The Bertz CT molecular complexity index is 731. The summed E-state index contributed by atoms with van der Waals surface area (Å²) in [5.74, 6) is 2.59. The normalized spacial score (nSPS) is 22.9. The summed E-state index contributed by atoms with van der Waals surface area (Å²) in [7, 11) is 0. The van der Waals surface area contributed by atoms with Gasteiger partial charge in [0, 0.05) is 30.6 Å². The summed E-state index contributed by atoms with van der Waals surface area (Å²) in [4.78, 5) is 6.53. The van der Waals surface area contributed by atoms with Crippen LogP contribution in [0.3, 0.4) is 0 Å². The Hall–Kier alpha value is -2.06. The highest BCUT2D eigenvalue weighted by Crippen LogP contribution is 2.34. The fourth-order valence-corrected chi connectivity index (χ4v) is 3.32. The van der Waals surface area contributed by atoms with Crippen molar-refractivity contribution in [3.8, 4) is 0 Å². The number of ether oxygens (including phenoxy) is 2. The van der Waals surface area contributed by atoms with E-state index in [4.69, 9.17) is 15.3 Å². The van der Waals surface area contributed by atoms with Gasteiger partial charge >= 0.3 is 0 Å². The average Bonchev–Trinajstić information content (AvgIpc) is 2.58. The summed E-state index contributed by atoms with van der Waals surface area (Å²) in [6.45, 7) is 7.37. The summed E-state index contributed by atoms with van der Waals surface area (Å²) in [5.41, 5.74) is 3.97. The van der Waals surface area contributed by atoms with Crippen LogP contribution < -0.4 is 10.7 Å². The van der Waals surface area contributed by atoms with Crippen LogP contribution in [0.1, 0.15) is 25.0 Å². The molecule has 0 amide bonds. The molecule has 2 heterocycles. The molecule has 0 saturated carbocycles. The standard InChI is InChI=1S/C19H26F2N4O2/c1-13-6-14(25-9-18(2,3)10-25)4-5-15(13)16(24-22)7-23-8-17-26-11-19(20,21)12-27-17/h4-7,17H,8-12,22H2,1-3H3/b23-7?,24-16+. The molecule has 148 valence electrons. The molecule has 3 rings (SSSR count). The first-order valence-corrected chi connectivity index (χ1v) is 8.94. The van der Waals surface area contributed by atoms with E-state index >= 15 is 0 Å². The average molecular weight is 380 g/mol. The zero-order valence-electron chi connectivity index (χ0n) is 15.9. The quantitative estimate of drug-likeness (QED) is 0.484. The van der Waals surface area contributed by atoms with Crippen molar-refractivity contribution < 1.29 is 18.3 Å². The first-order valence-electron chi connectivity index (χ1n) is 8.94. The zero-order chi connectivity index (χ0) is 19.7. The fourth-order valence-electron chi connectivity index (χ4n) is 3.32. The van der Waals surface area contributed by atoms with Crippen molar-refractivity contribution in [1.29, 1.82) is 0 Å². The molecule has 0 spiro atoms. The number of halogens is 2. The third kappa shape index (κ3) is 4.81. The van der Waals surface area contributed by atoms with Crippen LogP contribution in [0.5, 0.6) is 0 Å². The number of nitrogens with two attached hydrogens (primary N) is 1. The first kappa shape index (κ1) is 19.7. The van der Waals surface area contributed by atoms with Gasteiger partial charge in [-0.15, -0.1) is 0 Å². The molecular weight excluding hydrogens is 354 g/mol. The maximum Gasteiger partial charge on any atom is 0.293 e. The Morgan fingerprint density at radius 1 is 1.30 bits per heavy atom. The molecule has 8 heteroatoms. The molecule has 0 aromatic heterocycles. The van der Waals surface area contributed by atoms with Gasteiger partial charge in [-0.05, 0) is 30.0 Å². The van der Waals surface area contributed by atoms with Crippen LogP contribution in [0.4, 0.5) is 14.5 Å². The Balaban J connectivity index is 1.60. The number of aliphatic imine (C=N–C) groups is 1. The Labute approximate surface area is 158 Å². The van der Waals surface area contributed by atoms with E-state index in [2.05, 4.69) is 34.9 Å². The van der Waals surface area contributed by atoms with Crippen molar-refractivity contribution in [2.45, 2.75) is 33.0 Å². The van der Waals surface area contributed by atoms with Crippen molar-refractivity contribution in [2.75, 3.05) is 37.7 Å². The first-order chi connectivity index (χ1) is 12.7. The smallest absolute Gasteiger partial charge is 0.293 e. The molecule has 2 N–H and O–H groups in total. The van der Waals surface area contributed by atoms with Crippen LogP contribution in [0.25, 0.3) is 0 Å². The van der Waals surface area contributed by atoms with Crippen LogP contribution in [-0.4, -0.2) is 57.0 Å². The van der Waals surface area contributed by atoms with Crippen LogP contribution in [-0.2, 0) is 9.47 Å². The number of hydrogen-bond acceptors (Lipinski definition) is 6. The van der Waals surface area contributed by atoms with E-state index in [1.807, 2.05) is 19.1 Å². The second-order valence-electron chi connectivity index (χ2n) is 7.94. The molecule has 6 nitrogen and oxygen atoms in total. The second kappa shape index (κ2) is 7.52. The molecule has 1 aromatic carbocycles. The summed E-state index contributed by atoms with van der Waals surface area (Å²) < 4.78 is 35.9. The van der Waals surface area contributed by atoms with E-state index in [0.29, 0.717) is 11.1 Å². The maximum atomic E-state index is 13.0. The van der Waals surface area contributed by atoms with Crippen LogP contribution in [0, 0.1) is 12.3 Å². The predicted molar refractivity (Wildman–Crippen MR) is 102 cm³/mol. The van der Waals surface area contributed by atoms with Crippen molar-refractivity contribution in [3.05, 3.63) is 29.3 Å². The largest absolute Gasteiger partial charge is 0.370 e. The Morgan fingerprint density at radius 2 is 1.96 bits per heavy atom. The lowest BCUT2D eigenvalue weighted by molar-refractivity contribution is -0.262. The van der Waals surface area contributed by atoms with Crippen molar-refractivity contribution in [3.63, 3.8) is 0 Å². The molecule has 0 radical (unpaired) electrons. The minimum Gasteiger partial charge on any atom is -0.370 e. The third-order valence-corrected chi connectivity index (χ3v) is 4.66. The van der Waals surface area contributed by atoms with Gasteiger partial charge in [-0.3, -0.25) is 4.99 Å². The molecule has 27 heavy (non-hydrogen) atoms. The Morgan fingerprint density at radius 3 is 2.52 bits per heavy atom. The predicted octanol–water partition coefficient (Wildman–Crippen LogP) is 2.58. The van der Waals surface area contributed by atoms with E-state index in [1.165, 1.54) is 11.9 Å². The van der Waals surface area contributed by atoms with Gasteiger partial charge in [-0.25, -0.2) is 8.78 Å². The SMILES string of the molecule is Cc1cc(N2CC(C)(C)C2)ccc1/C(C=NCC1OCC(F)(F)CO1)=N/N. The van der Waals surface area contributed by atoms with Gasteiger partial charge in [0.15, 0.2) is 6.29 Å². The van der Waals surface area contributed by atoms with E-state index < -0.39 is 25.4 Å². The minimum atomic E-state index is -2.94. The second-order valence-corrected chi connectivity index (χ2v) is 7.94. The monoisotopic (exact) mass is 380 g/mol. The van der Waals surface area contributed by atoms with E-state index in [-0.39, 0.29) is 6.54 Å². The molecular formula is C19H26F2N4O2. The van der Waals surface area contributed by atoms with E-state index in [9.17, 15) is 8.78 Å². The van der Waals surface area contributed by atoms with Gasteiger partial charge < -0.3 is 20.2 Å². The number of hydrogen-bond donors (Lipinski definition) is 1. The van der Waals surface area contributed by atoms with E-state index in [0.717, 1.165) is 24.2 Å². The van der Waals surface area contributed by atoms with Crippen molar-refractivity contribution >= 4 is 17.6 Å². The number of aryl methyl sites for hydroxylation is 1. The molecule has 2 aliphatic rings. The van der Waals surface area contributed by atoms with Gasteiger partial charge in [0.1, 0.15) is 18.9 Å². The number of benzene rings is 1. The summed E-state index contributed by atoms with van der Waals surface area (Å²) in [5, 5.41) is 3.81. The lowest BCUT2D eigenvalue weighted by Gasteiger charge is -2.47. The summed E-state index contributed by atoms with van der Waals surface area (Å²) >= 11 is 0. The number of hydrazone groups is 1. The highest BCUT2D eigenvalue weighted by molar-refractivity contribution is 6.38. The van der Waals surface area contributed by atoms with Crippen LogP contribution >= 0.6 is 0 Å². The van der Waals surface area contributed by atoms with Gasteiger partial charge in [0.25, 0.3) is 5.92 Å². The number of anilines is 1. The highest BCUT2D eigenvalue weighted by atomic mass is 19.3. The van der Waals surface area contributed by atoms with Gasteiger partial charge in [-0.2, -0.15) is 5.10 Å². The Kier molecular flexibility index (Phi) is 5.48. The maximum absolute atomic E-state index is 13.0. The fraction of sp³-hybridized carbons (Fsp3) is 0.579. The lowest BCUT2D eigenvalue weighted by Crippen LogP contribution is -2.53. The van der Waals surface area contributed by atoms with Crippen molar-refractivity contribution in [2.24, 2.45) is 21.4 Å². The number of nitrogens with zero attached hydrogens (tertiary/aromatic N) is 3. The number of rotatable bonds is 5. The highest BCUT2D eigenvalue weighted by Gasteiger charge is 2.36. The molecule has 0 bridgehead atoms. The minimum absolute atomic E-state index is 0.106. The molecule has 2 aliphatic heterocycles. The van der Waals surface area contributed by atoms with Crippen molar-refractivity contribution in [1.82, 2.24) is 0 Å². The topological polar surface area (TPSA) is 72.4 Å². The van der Waals surface area contributed by atoms with Gasteiger partial charge in [-0.1, -0.05) is 19.9 Å². The van der Waals surface area contributed by atoms with Gasteiger partial charge in [0.05, 0.1) is 6.54 Å². The molecule has 2 fully saturated rings. The van der Waals surface area contributed by atoms with Gasteiger partial charge in [0.2, 0.25) is 0 Å².